The molecule has 3 heteroatoms. The molecule has 1 aliphatic rings. The third-order valence-electron chi connectivity index (χ3n) is 4.86. The molecule has 1 aliphatic heterocycles. The highest BCUT2D eigenvalue weighted by Gasteiger charge is 2.51. The van der Waals surface area contributed by atoms with Crippen LogP contribution < -0.4 is 0 Å². The van der Waals surface area contributed by atoms with E-state index in [2.05, 4.69) is 27.7 Å². The van der Waals surface area contributed by atoms with Gasteiger partial charge in [-0.2, -0.15) is 0 Å². The highest BCUT2D eigenvalue weighted by Crippen LogP contribution is 2.44. The maximum absolute atomic E-state index is 13.0. The minimum atomic E-state index is -0.461. The van der Waals surface area contributed by atoms with E-state index in [0.717, 1.165) is 6.42 Å². The van der Waals surface area contributed by atoms with Crippen molar-refractivity contribution in [3.8, 4) is 0 Å². The minimum absolute atomic E-state index is 0.0861. The van der Waals surface area contributed by atoms with Crippen molar-refractivity contribution in [1.82, 2.24) is 4.90 Å². The molecule has 0 spiro atoms. The second-order valence-corrected chi connectivity index (χ2v) is 10.0. The van der Waals surface area contributed by atoms with Gasteiger partial charge in [-0.15, -0.1) is 0 Å². The summed E-state index contributed by atoms with van der Waals surface area (Å²) < 4.78 is 0. The van der Waals surface area contributed by atoms with Crippen LogP contribution in [0.1, 0.15) is 75.7 Å². The molecular formula is C19H35NO2. The molecule has 0 bridgehead atoms. The van der Waals surface area contributed by atoms with Crippen molar-refractivity contribution in [2.75, 3.05) is 0 Å². The van der Waals surface area contributed by atoms with Crippen LogP contribution in [0.5, 0.6) is 0 Å². The van der Waals surface area contributed by atoms with Crippen molar-refractivity contribution in [1.29, 1.82) is 0 Å². The van der Waals surface area contributed by atoms with Crippen LogP contribution in [0, 0.1) is 22.2 Å². The summed E-state index contributed by atoms with van der Waals surface area (Å²) in [4.78, 5) is 27.8. The maximum atomic E-state index is 13.0. The van der Waals surface area contributed by atoms with Crippen LogP contribution in [0.15, 0.2) is 0 Å². The summed E-state index contributed by atoms with van der Waals surface area (Å²) >= 11 is 0. The zero-order chi connectivity index (χ0) is 17.7. The van der Waals surface area contributed by atoms with Crippen LogP contribution in [0.3, 0.4) is 0 Å². The smallest absolute Gasteiger partial charge is 0.228 e. The molecule has 1 saturated heterocycles. The van der Waals surface area contributed by atoms with E-state index in [1.165, 1.54) is 0 Å². The van der Waals surface area contributed by atoms with Crippen LogP contribution in [0.4, 0.5) is 0 Å². The molecule has 3 nitrogen and oxygen atoms in total. The Kier molecular flexibility index (Phi) is 4.93. The molecule has 0 aromatic heterocycles. The number of likely N-dealkylation sites (tertiary alicyclic amines) is 1. The van der Waals surface area contributed by atoms with Gasteiger partial charge in [-0.25, -0.2) is 0 Å². The van der Waals surface area contributed by atoms with Gasteiger partial charge in [0.25, 0.3) is 0 Å². The Balaban J connectivity index is 3.27. The molecule has 128 valence electrons. The summed E-state index contributed by atoms with van der Waals surface area (Å²) in [6, 6.07) is -0.186. The highest BCUT2D eigenvalue weighted by atomic mass is 16.2. The fourth-order valence-corrected chi connectivity index (χ4v) is 3.55. The Labute approximate surface area is 136 Å². The Morgan fingerprint density at radius 3 is 1.64 bits per heavy atom. The number of nitrogens with zero attached hydrogens (tertiary/aromatic N) is 1. The molecule has 0 aromatic rings. The van der Waals surface area contributed by atoms with Crippen LogP contribution >= 0.6 is 0 Å². The molecular weight excluding hydrogens is 274 g/mol. The fourth-order valence-electron chi connectivity index (χ4n) is 3.55. The van der Waals surface area contributed by atoms with Gasteiger partial charge in [0.1, 0.15) is 0 Å². The van der Waals surface area contributed by atoms with Crippen LogP contribution in [0.2, 0.25) is 0 Å². The topological polar surface area (TPSA) is 37.4 Å². The van der Waals surface area contributed by atoms with E-state index in [1.54, 1.807) is 0 Å². The molecule has 0 radical (unpaired) electrons. The molecule has 22 heavy (non-hydrogen) atoms. The van der Waals surface area contributed by atoms with Gasteiger partial charge in [-0.1, -0.05) is 62.3 Å². The lowest BCUT2D eigenvalue weighted by Crippen LogP contribution is -2.51. The monoisotopic (exact) mass is 309 g/mol. The van der Waals surface area contributed by atoms with E-state index < -0.39 is 10.8 Å². The first-order valence-corrected chi connectivity index (χ1v) is 8.45. The lowest BCUT2D eigenvalue weighted by Gasteiger charge is -2.37. The molecule has 2 unspecified atom stereocenters. The molecule has 0 saturated carbocycles. The fraction of sp³-hybridized carbons (Fsp3) is 0.895. The zero-order valence-electron chi connectivity index (χ0n) is 16.2. The van der Waals surface area contributed by atoms with Crippen molar-refractivity contribution in [3.63, 3.8) is 0 Å². The first-order chi connectivity index (χ1) is 9.58. The number of amides is 1. The van der Waals surface area contributed by atoms with E-state index in [4.69, 9.17) is 0 Å². The largest absolute Gasteiger partial charge is 0.329 e. The molecule has 1 fully saturated rings. The van der Waals surface area contributed by atoms with Gasteiger partial charge in [0.15, 0.2) is 5.78 Å². The van der Waals surface area contributed by atoms with E-state index in [1.807, 2.05) is 46.4 Å². The van der Waals surface area contributed by atoms with E-state index in [-0.39, 0.29) is 29.2 Å². The lowest BCUT2D eigenvalue weighted by molar-refractivity contribution is -0.148. The normalized spacial score (nSPS) is 27.2. The SMILES string of the molecule is CC1C(C(C)(C)C)C[C@@H](C(=O)C(C)(C)C)N1C(=O)C(C)(C)C. The second-order valence-electron chi connectivity index (χ2n) is 10.0. The third kappa shape index (κ3) is 3.72. The predicted molar refractivity (Wildman–Crippen MR) is 91.6 cm³/mol. The van der Waals surface area contributed by atoms with Gasteiger partial charge in [0.05, 0.1) is 6.04 Å². The minimum Gasteiger partial charge on any atom is -0.329 e. The Morgan fingerprint density at radius 1 is 0.864 bits per heavy atom. The van der Waals surface area contributed by atoms with Crippen molar-refractivity contribution < 1.29 is 9.59 Å². The number of carbonyl (C=O) groups is 2. The summed E-state index contributed by atoms with van der Waals surface area (Å²) in [5, 5.41) is 0. The van der Waals surface area contributed by atoms with Crippen LogP contribution in [-0.2, 0) is 9.59 Å². The zero-order valence-corrected chi connectivity index (χ0v) is 16.2. The number of hydrogen-bond acceptors (Lipinski definition) is 2. The van der Waals surface area contributed by atoms with Gasteiger partial charge < -0.3 is 4.90 Å². The number of ketones is 1. The quantitative estimate of drug-likeness (QED) is 0.724. The number of rotatable bonds is 1. The summed E-state index contributed by atoms with van der Waals surface area (Å²) in [6.07, 6.45) is 0.780. The summed E-state index contributed by atoms with van der Waals surface area (Å²) in [5.41, 5.74) is -0.798. The van der Waals surface area contributed by atoms with Gasteiger partial charge >= 0.3 is 0 Å². The second kappa shape index (κ2) is 5.65. The Bertz CT molecular complexity index is 446. The number of carbonyl (C=O) groups excluding carboxylic acids is 2. The first-order valence-electron chi connectivity index (χ1n) is 8.45. The number of hydrogen-bond donors (Lipinski definition) is 0. The number of Topliss-reactive ketones (excluding diaryl/α,β-unsaturated/α-hetero) is 1. The maximum Gasteiger partial charge on any atom is 0.228 e. The van der Waals surface area contributed by atoms with Crippen molar-refractivity contribution in [2.24, 2.45) is 22.2 Å². The van der Waals surface area contributed by atoms with E-state index in [9.17, 15) is 9.59 Å². The van der Waals surface area contributed by atoms with Gasteiger partial charge in [-0.3, -0.25) is 9.59 Å². The summed E-state index contributed by atoms with van der Waals surface area (Å²) in [5.74, 6) is 0.619. The van der Waals surface area contributed by atoms with Crippen molar-refractivity contribution >= 4 is 11.7 Å². The predicted octanol–water partition coefficient (Wildman–Crippen LogP) is 4.30. The van der Waals surface area contributed by atoms with Gasteiger partial charge in [0, 0.05) is 16.9 Å². The summed E-state index contributed by atoms with van der Waals surface area (Å²) in [6.45, 7) is 20.4. The Morgan fingerprint density at radius 2 is 1.32 bits per heavy atom. The van der Waals surface area contributed by atoms with Crippen molar-refractivity contribution in [3.05, 3.63) is 0 Å². The molecule has 1 amide bonds. The molecule has 1 rings (SSSR count). The Hall–Kier alpha value is -0.860. The standard InChI is InChI=1S/C19H35NO2/c1-12-13(17(2,3)4)11-14(15(21)18(5,6)7)20(12)16(22)19(8,9)10/h12-14H,11H2,1-10H3/t12?,13?,14-/m0/s1. The molecule has 1 heterocycles. The van der Waals surface area contributed by atoms with Crippen LogP contribution in [-0.4, -0.2) is 28.7 Å². The third-order valence-corrected chi connectivity index (χ3v) is 4.86. The van der Waals surface area contributed by atoms with Crippen molar-refractivity contribution in [2.45, 2.75) is 87.7 Å². The van der Waals surface area contributed by atoms with Gasteiger partial charge in [0.2, 0.25) is 5.91 Å². The first kappa shape index (κ1) is 19.2. The highest BCUT2D eigenvalue weighted by molar-refractivity contribution is 5.94. The molecule has 0 aliphatic carbocycles. The van der Waals surface area contributed by atoms with Crippen LogP contribution in [0.25, 0.3) is 0 Å². The lowest BCUT2D eigenvalue weighted by atomic mass is 9.75. The summed E-state index contributed by atoms with van der Waals surface area (Å²) in [7, 11) is 0. The van der Waals surface area contributed by atoms with Gasteiger partial charge in [-0.05, 0) is 24.7 Å². The van der Waals surface area contributed by atoms with E-state index in [0.29, 0.717) is 5.92 Å². The van der Waals surface area contributed by atoms with E-state index >= 15 is 0 Å². The molecule has 0 aromatic carbocycles. The average molecular weight is 309 g/mol. The average Bonchev–Trinajstić information content (AvgIpc) is 2.61. The molecule has 0 N–H and O–H groups in total. The molecule has 3 atom stereocenters.